The lowest BCUT2D eigenvalue weighted by atomic mass is 9.87. The van der Waals surface area contributed by atoms with Crippen molar-refractivity contribution in [3.8, 4) is 0 Å². The molecule has 180 valence electrons. The summed E-state index contributed by atoms with van der Waals surface area (Å²) in [5, 5.41) is 14.7. The standard InChI is InChI=1S/C26H31N3O5/c1-17(2)33-25(30)27-29(26(31)34-18(3)4)23-16-10-15-21(23)20-13-8-9-14-22(20)24(28-32)19-11-6-5-7-12-19/h5-15,17-18,21,23,32H,16H2,1-4H3,(H,27,30)/b28-24+/t21-,23+/m1/s1. The number of amides is 2. The summed E-state index contributed by atoms with van der Waals surface area (Å²) in [4.78, 5) is 25.4. The van der Waals surface area contributed by atoms with Crippen LogP contribution in [-0.2, 0) is 9.47 Å². The fourth-order valence-electron chi connectivity index (χ4n) is 3.94. The van der Waals surface area contributed by atoms with Crippen LogP contribution in [0.5, 0.6) is 0 Å². The zero-order chi connectivity index (χ0) is 24.7. The fraction of sp³-hybridized carbons (Fsp3) is 0.346. The maximum Gasteiger partial charge on any atom is 0.429 e. The maximum atomic E-state index is 13.0. The van der Waals surface area contributed by atoms with E-state index in [1.54, 1.807) is 27.7 Å². The molecule has 0 saturated carbocycles. The highest BCUT2D eigenvalue weighted by molar-refractivity contribution is 6.13. The number of hydrogen-bond donors (Lipinski definition) is 2. The molecule has 0 spiro atoms. The van der Waals surface area contributed by atoms with Crippen molar-refractivity contribution in [3.05, 3.63) is 83.4 Å². The third-order valence-electron chi connectivity index (χ3n) is 5.28. The molecule has 8 nitrogen and oxygen atoms in total. The Hall–Kier alpha value is -3.81. The Bertz CT molecular complexity index is 1050. The average molecular weight is 466 g/mol. The van der Waals surface area contributed by atoms with Gasteiger partial charge in [-0.2, -0.15) is 0 Å². The summed E-state index contributed by atoms with van der Waals surface area (Å²) in [5.74, 6) is -0.296. The van der Waals surface area contributed by atoms with Crippen molar-refractivity contribution in [1.82, 2.24) is 10.4 Å². The van der Waals surface area contributed by atoms with E-state index in [4.69, 9.17) is 9.47 Å². The van der Waals surface area contributed by atoms with Gasteiger partial charge in [-0.3, -0.25) is 0 Å². The van der Waals surface area contributed by atoms with Gasteiger partial charge in [0.25, 0.3) is 0 Å². The van der Waals surface area contributed by atoms with Gasteiger partial charge in [0.2, 0.25) is 0 Å². The maximum absolute atomic E-state index is 13.0. The predicted octanol–water partition coefficient (Wildman–Crippen LogP) is 5.22. The van der Waals surface area contributed by atoms with E-state index in [1.165, 1.54) is 5.01 Å². The molecule has 1 aliphatic rings. The number of nitrogens with zero attached hydrogens (tertiary/aromatic N) is 2. The van der Waals surface area contributed by atoms with E-state index in [2.05, 4.69) is 10.6 Å². The van der Waals surface area contributed by atoms with Crippen molar-refractivity contribution >= 4 is 17.9 Å². The lowest BCUT2D eigenvalue weighted by Crippen LogP contribution is -2.54. The summed E-state index contributed by atoms with van der Waals surface area (Å²) >= 11 is 0. The fourth-order valence-corrected chi connectivity index (χ4v) is 3.94. The van der Waals surface area contributed by atoms with Gasteiger partial charge in [0.1, 0.15) is 5.71 Å². The molecule has 8 heteroatoms. The molecule has 0 heterocycles. The second-order valence-electron chi connectivity index (χ2n) is 8.53. The molecule has 0 saturated heterocycles. The van der Waals surface area contributed by atoms with Crippen molar-refractivity contribution in [2.75, 3.05) is 0 Å². The topological polar surface area (TPSA) is 100 Å². The number of ether oxygens (including phenoxy) is 2. The number of oxime groups is 1. The minimum absolute atomic E-state index is 0.296. The first-order valence-electron chi connectivity index (χ1n) is 11.3. The SMILES string of the molecule is CC(C)OC(=O)NN(C(=O)OC(C)C)[C@H]1CC=C[C@@H]1c1ccccc1/C(=N/O)c1ccccc1. The number of benzene rings is 2. The summed E-state index contributed by atoms with van der Waals surface area (Å²) < 4.78 is 10.6. The molecule has 34 heavy (non-hydrogen) atoms. The third-order valence-corrected chi connectivity index (χ3v) is 5.28. The van der Waals surface area contributed by atoms with Gasteiger partial charge in [0, 0.05) is 17.0 Å². The Kier molecular flexibility index (Phi) is 8.29. The van der Waals surface area contributed by atoms with Gasteiger partial charge in [-0.15, -0.1) is 0 Å². The highest BCUT2D eigenvalue weighted by atomic mass is 16.6. The summed E-state index contributed by atoms with van der Waals surface area (Å²) in [6.45, 7) is 6.94. The molecule has 0 fully saturated rings. The van der Waals surface area contributed by atoms with Crippen LogP contribution < -0.4 is 5.43 Å². The highest BCUT2D eigenvalue weighted by Gasteiger charge is 2.37. The molecule has 2 aromatic carbocycles. The van der Waals surface area contributed by atoms with Gasteiger partial charge in [-0.25, -0.2) is 20.0 Å². The first-order valence-corrected chi connectivity index (χ1v) is 11.3. The molecule has 3 rings (SSSR count). The van der Waals surface area contributed by atoms with Crippen LogP contribution >= 0.6 is 0 Å². The van der Waals surface area contributed by atoms with Crippen LogP contribution in [0.3, 0.4) is 0 Å². The Balaban J connectivity index is 1.98. The Labute approximate surface area is 199 Å². The van der Waals surface area contributed by atoms with Crippen LogP contribution in [0.4, 0.5) is 9.59 Å². The molecular weight excluding hydrogens is 434 g/mol. The van der Waals surface area contributed by atoms with E-state index in [9.17, 15) is 14.8 Å². The van der Waals surface area contributed by atoms with Crippen LogP contribution in [0.2, 0.25) is 0 Å². The molecule has 2 atom stereocenters. The molecule has 2 N–H and O–H groups in total. The molecule has 0 bridgehead atoms. The summed E-state index contributed by atoms with van der Waals surface area (Å²) in [6.07, 6.45) is 2.29. The first-order chi connectivity index (χ1) is 16.3. The second kappa shape index (κ2) is 11.4. The van der Waals surface area contributed by atoms with E-state index in [0.717, 1.165) is 16.7 Å². The quantitative estimate of drug-likeness (QED) is 0.264. The monoisotopic (exact) mass is 465 g/mol. The number of carbonyl (C=O) groups excluding carboxylic acids is 2. The van der Waals surface area contributed by atoms with Crippen LogP contribution in [-0.4, -0.2) is 46.4 Å². The molecule has 1 aliphatic carbocycles. The van der Waals surface area contributed by atoms with Crippen molar-refractivity contribution in [3.63, 3.8) is 0 Å². The molecule has 0 unspecified atom stereocenters. The van der Waals surface area contributed by atoms with Crippen molar-refractivity contribution in [2.24, 2.45) is 5.16 Å². The normalized spacial score (nSPS) is 17.6. The van der Waals surface area contributed by atoms with E-state index < -0.39 is 18.2 Å². The zero-order valence-electron chi connectivity index (χ0n) is 19.8. The summed E-state index contributed by atoms with van der Waals surface area (Å²) in [6, 6.07) is 16.4. The van der Waals surface area contributed by atoms with E-state index in [0.29, 0.717) is 12.1 Å². The van der Waals surface area contributed by atoms with Gasteiger partial charge in [0.15, 0.2) is 0 Å². The first kappa shape index (κ1) is 24.8. The molecular formula is C26H31N3O5. The number of hydrazine groups is 1. The van der Waals surface area contributed by atoms with Crippen LogP contribution in [0.25, 0.3) is 0 Å². The number of rotatable bonds is 6. The van der Waals surface area contributed by atoms with Gasteiger partial charge in [-0.05, 0) is 39.7 Å². The highest BCUT2D eigenvalue weighted by Crippen LogP contribution is 2.35. The van der Waals surface area contributed by atoms with Crippen molar-refractivity contribution < 1.29 is 24.3 Å². The number of carbonyl (C=O) groups is 2. The summed E-state index contributed by atoms with van der Waals surface area (Å²) in [5.41, 5.74) is 5.31. The Morgan fingerprint density at radius 2 is 1.65 bits per heavy atom. The lowest BCUT2D eigenvalue weighted by molar-refractivity contribution is 0.0305. The van der Waals surface area contributed by atoms with Gasteiger partial charge >= 0.3 is 12.2 Å². The molecule has 2 amide bonds. The van der Waals surface area contributed by atoms with E-state index in [-0.39, 0.29) is 18.1 Å². The van der Waals surface area contributed by atoms with Crippen molar-refractivity contribution in [1.29, 1.82) is 0 Å². The van der Waals surface area contributed by atoms with E-state index in [1.807, 2.05) is 66.7 Å². The van der Waals surface area contributed by atoms with Crippen LogP contribution in [0, 0.1) is 0 Å². The summed E-state index contributed by atoms with van der Waals surface area (Å²) in [7, 11) is 0. The average Bonchev–Trinajstić information content (AvgIpc) is 3.27. The molecule has 2 aromatic rings. The number of hydrogen-bond acceptors (Lipinski definition) is 6. The lowest BCUT2D eigenvalue weighted by Gasteiger charge is -2.33. The van der Waals surface area contributed by atoms with Gasteiger partial charge in [0.05, 0.1) is 18.2 Å². The molecule has 0 radical (unpaired) electrons. The second-order valence-corrected chi connectivity index (χ2v) is 8.53. The Morgan fingerprint density at radius 3 is 2.29 bits per heavy atom. The Morgan fingerprint density at radius 1 is 1.00 bits per heavy atom. The smallest absolute Gasteiger partial charge is 0.429 e. The van der Waals surface area contributed by atoms with E-state index >= 15 is 0 Å². The molecule has 0 aliphatic heterocycles. The van der Waals surface area contributed by atoms with Crippen molar-refractivity contribution in [2.45, 2.75) is 58.3 Å². The predicted molar refractivity (Wildman–Crippen MR) is 129 cm³/mol. The van der Waals surface area contributed by atoms with Crippen LogP contribution in [0.1, 0.15) is 56.7 Å². The minimum atomic E-state index is -0.739. The van der Waals surface area contributed by atoms with Gasteiger partial charge < -0.3 is 14.7 Å². The zero-order valence-corrected chi connectivity index (χ0v) is 19.8. The largest absolute Gasteiger partial charge is 0.446 e. The third kappa shape index (κ3) is 5.95. The molecule has 0 aromatic heterocycles. The van der Waals surface area contributed by atoms with Crippen LogP contribution in [0.15, 0.2) is 71.9 Å². The minimum Gasteiger partial charge on any atom is -0.446 e. The number of nitrogens with one attached hydrogen (secondary N) is 1. The van der Waals surface area contributed by atoms with Gasteiger partial charge in [-0.1, -0.05) is 71.9 Å².